The summed E-state index contributed by atoms with van der Waals surface area (Å²) >= 11 is 0. The molecule has 0 aliphatic rings. The number of aromatic nitrogens is 3. The number of hydrogen-bond donors (Lipinski definition) is 1. The van der Waals surface area contributed by atoms with Gasteiger partial charge in [0.05, 0.1) is 11.9 Å². The zero-order valence-corrected chi connectivity index (χ0v) is 12.6. The average molecular weight is 290 g/mol. The van der Waals surface area contributed by atoms with Gasteiger partial charge in [-0.1, -0.05) is 18.6 Å². The number of nitrogens with zero attached hydrogens (tertiary/aromatic N) is 4. The second kappa shape index (κ2) is 7.06. The zero-order chi connectivity index (χ0) is 15.2. The Morgan fingerprint density at radius 1 is 1.38 bits per heavy atom. The van der Waals surface area contributed by atoms with E-state index in [0.717, 1.165) is 42.7 Å². The summed E-state index contributed by atoms with van der Waals surface area (Å²) in [7, 11) is 0. The number of fused-ring (bicyclic) bond motifs is 1. The van der Waals surface area contributed by atoms with Gasteiger partial charge in [0.15, 0.2) is 0 Å². The van der Waals surface area contributed by atoms with Crippen molar-refractivity contribution in [2.75, 3.05) is 18.0 Å². The molecule has 0 atom stereocenters. The highest BCUT2D eigenvalue weighted by atomic mass is 16.4. The normalized spacial score (nSPS) is 11.0. The fourth-order valence-corrected chi connectivity index (χ4v) is 2.33. The van der Waals surface area contributed by atoms with Crippen molar-refractivity contribution in [3.8, 4) is 0 Å². The number of carboxylic acids is 1. The molecule has 0 fully saturated rings. The molecule has 6 heteroatoms. The lowest BCUT2D eigenvalue weighted by Crippen LogP contribution is -2.25. The van der Waals surface area contributed by atoms with Crippen LogP contribution in [-0.4, -0.2) is 39.2 Å². The van der Waals surface area contributed by atoms with E-state index in [1.165, 1.54) is 0 Å². The molecule has 2 rings (SSSR count). The summed E-state index contributed by atoms with van der Waals surface area (Å²) in [4.78, 5) is 12.8. The van der Waals surface area contributed by atoms with Gasteiger partial charge in [-0.25, -0.2) is 4.68 Å². The third-order valence-corrected chi connectivity index (χ3v) is 3.56. The van der Waals surface area contributed by atoms with Crippen molar-refractivity contribution < 1.29 is 9.90 Å². The van der Waals surface area contributed by atoms with Crippen molar-refractivity contribution in [3.05, 3.63) is 18.2 Å². The first-order valence-electron chi connectivity index (χ1n) is 7.45. The van der Waals surface area contributed by atoms with Crippen LogP contribution in [0.4, 0.5) is 5.69 Å². The lowest BCUT2D eigenvalue weighted by Gasteiger charge is -2.22. The van der Waals surface area contributed by atoms with E-state index in [-0.39, 0.29) is 6.42 Å². The summed E-state index contributed by atoms with van der Waals surface area (Å²) in [5.41, 5.74) is 2.88. The van der Waals surface area contributed by atoms with E-state index in [9.17, 15) is 4.79 Å². The summed E-state index contributed by atoms with van der Waals surface area (Å²) in [6.45, 7) is 6.32. The monoisotopic (exact) mass is 290 g/mol. The van der Waals surface area contributed by atoms with Crippen molar-refractivity contribution >= 4 is 22.7 Å². The van der Waals surface area contributed by atoms with Gasteiger partial charge in [0.25, 0.3) is 0 Å². The number of hydrogen-bond acceptors (Lipinski definition) is 4. The van der Waals surface area contributed by atoms with Crippen LogP contribution in [0.5, 0.6) is 0 Å². The Labute approximate surface area is 124 Å². The summed E-state index contributed by atoms with van der Waals surface area (Å²) in [6, 6.07) is 6.01. The van der Waals surface area contributed by atoms with Crippen molar-refractivity contribution in [1.29, 1.82) is 0 Å². The first-order valence-corrected chi connectivity index (χ1v) is 7.45. The fourth-order valence-electron chi connectivity index (χ4n) is 2.33. The minimum absolute atomic E-state index is 0.134. The van der Waals surface area contributed by atoms with E-state index in [1.54, 1.807) is 0 Å². The zero-order valence-electron chi connectivity index (χ0n) is 12.6. The van der Waals surface area contributed by atoms with Crippen molar-refractivity contribution in [3.63, 3.8) is 0 Å². The highest BCUT2D eigenvalue weighted by Crippen LogP contribution is 2.21. The van der Waals surface area contributed by atoms with E-state index in [0.29, 0.717) is 6.54 Å². The first kappa shape index (κ1) is 15.3. The predicted octanol–water partition coefficient (Wildman–Crippen LogP) is 2.53. The second-order valence-electron chi connectivity index (χ2n) is 5.06. The quantitative estimate of drug-likeness (QED) is 0.809. The lowest BCUT2D eigenvalue weighted by atomic mass is 10.2. The molecule has 1 heterocycles. The number of carboxylic acid groups (broad SMARTS) is 1. The molecule has 0 aliphatic carbocycles. The van der Waals surface area contributed by atoms with Crippen LogP contribution in [0.15, 0.2) is 18.2 Å². The number of rotatable bonds is 8. The van der Waals surface area contributed by atoms with E-state index in [1.807, 2.05) is 34.7 Å². The lowest BCUT2D eigenvalue weighted by molar-refractivity contribution is -0.136. The van der Waals surface area contributed by atoms with Gasteiger partial charge >= 0.3 is 5.97 Å². The van der Waals surface area contributed by atoms with Crippen LogP contribution in [0.3, 0.4) is 0 Å². The molecule has 21 heavy (non-hydrogen) atoms. The van der Waals surface area contributed by atoms with E-state index >= 15 is 0 Å². The van der Waals surface area contributed by atoms with Crippen LogP contribution < -0.4 is 4.90 Å². The third-order valence-electron chi connectivity index (χ3n) is 3.56. The molecule has 2 aromatic rings. The minimum atomic E-state index is -0.778. The molecular weight excluding hydrogens is 268 g/mol. The average Bonchev–Trinajstić information content (AvgIpc) is 2.88. The molecule has 0 saturated heterocycles. The Bertz CT molecular complexity index is 609. The van der Waals surface area contributed by atoms with Gasteiger partial charge < -0.3 is 10.0 Å². The van der Waals surface area contributed by atoms with Crippen LogP contribution >= 0.6 is 0 Å². The number of aryl methyl sites for hydroxylation is 1. The molecule has 0 bridgehead atoms. The number of benzene rings is 1. The van der Waals surface area contributed by atoms with Gasteiger partial charge in [-0.2, -0.15) is 0 Å². The Morgan fingerprint density at radius 3 is 2.86 bits per heavy atom. The van der Waals surface area contributed by atoms with Crippen LogP contribution in [-0.2, 0) is 11.3 Å². The SMILES string of the molecule is CCCCn1nnc2cc(N(CC)CCC(=O)O)ccc21. The summed E-state index contributed by atoms with van der Waals surface area (Å²) < 4.78 is 1.93. The fraction of sp³-hybridized carbons (Fsp3) is 0.533. The maximum Gasteiger partial charge on any atom is 0.305 e. The van der Waals surface area contributed by atoms with Crippen LogP contribution in [0.1, 0.15) is 33.1 Å². The maximum absolute atomic E-state index is 10.7. The number of anilines is 1. The van der Waals surface area contributed by atoms with Crippen LogP contribution in [0.2, 0.25) is 0 Å². The summed E-state index contributed by atoms with van der Waals surface area (Å²) in [5, 5.41) is 17.2. The molecule has 0 aliphatic heterocycles. The van der Waals surface area contributed by atoms with E-state index in [2.05, 4.69) is 17.2 Å². The van der Waals surface area contributed by atoms with Gasteiger partial charge in [0, 0.05) is 25.3 Å². The molecule has 114 valence electrons. The van der Waals surface area contributed by atoms with E-state index < -0.39 is 5.97 Å². The first-order chi connectivity index (χ1) is 10.2. The molecule has 0 spiro atoms. The number of aliphatic carboxylic acids is 1. The molecule has 1 N–H and O–H groups in total. The third kappa shape index (κ3) is 3.71. The summed E-state index contributed by atoms with van der Waals surface area (Å²) in [5.74, 6) is -0.778. The van der Waals surface area contributed by atoms with Gasteiger partial charge in [-0.3, -0.25) is 4.79 Å². The Morgan fingerprint density at radius 2 is 2.19 bits per heavy atom. The standard InChI is InChI=1S/C15H22N4O2/c1-3-5-9-19-14-7-6-12(11-13(14)16-17-19)18(4-2)10-8-15(20)21/h6-7,11H,3-5,8-10H2,1-2H3,(H,20,21). The predicted molar refractivity (Wildman–Crippen MR) is 82.6 cm³/mol. The van der Waals surface area contributed by atoms with Crippen LogP contribution in [0, 0.1) is 0 Å². The molecule has 6 nitrogen and oxygen atoms in total. The second-order valence-corrected chi connectivity index (χ2v) is 5.06. The van der Waals surface area contributed by atoms with Gasteiger partial charge in [0.1, 0.15) is 5.52 Å². The van der Waals surface area contributed by atoms with Crippen LogP contribution in [0.25, 0.3) is 11.0 Å². The Hall–Kier alpha value is -2.11. The van der Waals surface area contributed by atoms with Crippen molar-refractivity contribution in [2.24, 2.45) is 0 Å². The van der Waals surface area contributed by atoms with Gasteiger partial charge in [-0.15, -0.1) is 5.10 Å². The molecule has 0 radical (unpaired) electrons. The van der Waals surface area contributed by atoms with Crippen molar-refractivity contribution in [1.82, 2.24) is 15.0 Å². The molecule has 1 aromatic carbocycles. The van der Waals surface area contributed by atoms with Crippen molar-refractivity contribution in [2.45, 2.75) is 39.7 Å². The van der Waals surface area contributed by atoms with E-state index in [4.69, 9.17) is 5.11 Å². The minimum Gasteiger partial charge on any atom is -0.481 e. The summed E-state index contributed by atoms with van der Waals surface area (Å²) in [6.07, 6.45) is 2.34. The Kier molecular flexibility index (Phi) is 5.14. The topological polar surface area (TPSA) is 71.2 Å². The molecule has 0 saturated carbocycles. The Balaban J connectivity index is 2.19. The van der Waals surface area contributed by atoms with Gasteiger partial charge in [-0.05, 0) is 31.5 Å². The highest BCUT2D eigenvalue weighted by molar-refractivity contribution is 5.79. The molecule has 0 amide bonds. The smallest absolute Gasteiger partial charge is 0.305 e. The highest BCUT2D eigenvalue weighted by Gasteiger charge is 2.10. The van der Waals surface area contributed by atoms with Gasteiger partial charge in [0.2, 0.25) is 0 Å². The molecule has 0 unspecified atom stereocenters. The number of unbranched alkanes of at least 4 members (excludes halogenated alkanes) is 1. The largest absolute Gasteiger partial charge is 0.481 e. The molecule has 1 aromatic heterocycles. The molecular formula is C15H22N4O2. The number of carbonyl (C=O) groups is 1. The maximum atomic E-state index is 10.7.